The molecule has 3 atom stereocenters. The number of aliphatic carboxylic acids is 1. The Morgan fingerprint density at radius 2 is 1.68 bits per heavy atom. The Kier molecular flexibility index (Phi) is 9.84. The summed E-state index contributed by atoms with van der Waals surface area (Å²) in [4.78, 5) is 37.2. The molecule has 9 nitrogen and oxygen atoms in total. The van der Waals surface area contributed by atoms with Gasteiger partial charge in [0.1, 0.15) is 6.04 Å². The number of β-amino-alcohol motifs (C(OH)–C–C–N with tert-alkyl or cyclic N) is 1. The molecular formula is C19H34N2O7. The van der Waals surface area contributed by atoms with Crippen molar-refractivity contribution in [3.8, 4) is 0 Å². The number of carbonyl (C=O) groups excluding carboxylic acids is 2. The average molecular weight is 402 g/mol. The second-order valence-corrected chi connectivity index (χ2v) is 8.21. The van der Waals surface area contributed by atoms with Crippen LogP contribution in [0.1, 0.15) is 47.0 Å². The lowest BCUT2D eigenvalue weighted by molar-refractivity contribution is -0.140. The Morgan fingerprint density at radius 3 is 2.14 bits per heavy atom. The van der Waals surface area contributed by atoms with E-state index >= 15 is 0 Å². The van der Waals surface area contributed by atoms with Crippen LogP contribution < -0.4 is 5.32 Å². The standard InChI is InChI=1S/C19H34N2O7/c1-13-11-14(22)12-21(13)18(26)17(19(2,3)4)20-15(23)5-7-27-9-10-28-8-6-16(24)25/h13-14,17,22H,5-12H2,1-4H3,(H,20,23)(H,24,25)/t13-,14-,17-/m1/s1. The van der Waals surface area contributed by atoms with E-state index in [9.17, 15) is 19.5 Å². The van der Waals surface area contributed by atoms with Gasteiger partial charge >= 0.3 is 5.97 Å². The number of rotatable bonds is 11. The molecule has 0 aliphatic carbocycles. The highest BCUT2D eigenvalue weighted by molar-refractivity contribution is 5.88. The average Bonchev–Trinajstić information content (AvgIpc) is 2.91. The minimum atomic E-state index is -0.918. The van der Waals surface area contributed by atoms with Gasteiger partial charge in [0.05, 0.1) is 39.0 Å². The molecule has 0 aromatic rings. The van der Waals surface area contributed by atoms with E-state index in [1.807, 2.05) is 27.7 Å². The SMILES string of the molecule is C[C@@H]1C[C@@H](O)CN1C(=O)[C@@H](NC(=O)CCOCCOCCC(=O)O)C(C)(C)C. The number of hydrogen-bond acceptors (Lipinski definition) is 6. The first kappa shape index (κ1) is 24.3. The van der Waals surface area contributed by atoms with E-state index in [2.05, 4.69) is 5.32 Å². The molecule has 0 aromatic heterocycles. The number of likely N-dealkylation sites (tertiary alicyclic amines) is 1. The topological polar surface area (TPSA) is 125 Å². The largest absolute Gasteiger partial charge is 0.481 e. The second-order valence-electron chi connectivity index (χ2n) is 8.21. The summed E-state index contributed by atoms with van der Waals surface area (Å²) >= 11 is 0. The smallest absolute Gasteiger partial charge is 0.305 e. The van der Waals surface area contributed by atoms with E-state index in [-0.39, 0.29) is 63.7 Å². The highest BCUT2D eigenvalue weighted by Crippen LogP contribution is 2.25. The highest BCUT2D eigenvalue weighted by atomic mass is 16.5. The summed E-state index contributed by atoms with van der Waals surface area (Å²) in [6.45, 7) is 8.66. The molecule has 1 heterocycles. The molecule has 9 heteroatoms. The molecule has 1 saturated heterocycles. The molecule has 0 saturated carbocycles. The Bertz CT molecular complexity index is 533. The summed E-state index contributed by atoms with van der Waals surface area (Å²) in [5.41, 5.74) is -0.473. The fourth-order valence-electron chi connectivity index (χ4n) is 3.00. The molecule has 1 aliphatic rings. The van der Waals surface area contributed by atoms with Crippen LogP contribution in [0.3, 0.4) is 0 Å². The number of ether oxygens (including phenoxy) is 2. The van der Waals surface area contributed by atoms with Crippen LogP contribution in [0.4, 0.5) is 0 Å². The van der Waals surface area contributed by atoms with Crippen molar-refractivity contribution in [2.24, 2.45) is 5.41 Å². The molecule has 0 bridgehead atoms. The fraction of sp³-hybridized carbons (Fsp3) is 0.842. The number of amides is 2. The third-order valence-corrected chi connectivity index (χ3v) is 4.56. The Hall–Kier alpha value is -1.71. The zero-order valence-corrected chi connectivity index (χ0v) is 17.3. The van der Waals surface area contributed by atoms with E-state index in [4.69, 9.17) is 14.6 Å². The summed E-state index contributed by atoms with van der Waals surface area (Å²) in [5.74, 6) is -1.39. The third-order valence-electron chi connectivity index (χ3n) is 4.56. The minimum absolute atomic E-state index is 0.0582. The van der Waals surface area contributed by atoms with Crippen molar-refractivity contribution < 1.29 is 34.1 Å². The van der Waals surface area contributed by atoms with Crippen LogP contribution in [0.25, 0.3) is 0 Å². The van der Waals surface area contributed by atoms with Crippen LogP contribution in [0, 0.1) is 5.41 Å². The number of hydrogen-bond donors (Lipinski definition) is 3. The maximum atomic E-state index is 12.9. The van der Waals surface area contributed by atoms with Gasteiger partial charge in [-0.05, 0) is 18.8 Å². The van der Waals surface area contributed by atoms with E-state index in [1.165, 1.54) is 0 Å². The van der Waals surface area contributed by atoms with E-state index in [0.29, 0.717) is 6.42 Å². The molecule has 2 amide bonds. The normalized spacial score (nSPS) is 20.8. The molecule has 1 rings (SSSR count). The summed E-state index contributed by atoms with van der Waals surface area (Å²) in [6.07, 6.45) is 0.0602. The van der Waals surface area contributed by atoms with Crippen LogP contribution >= 0.6 is 0 Å². The Labute approximate surface area is 166 Å². The summed E-state index contributed by atoms with van der Waals surface area (Å²) in [6, 6.07) is -0.749. The van der Waals surface area contributed by atoms with Gasteiger partial charge in [-0.2, -0.15) is 0 Å². The zero-order chi connectivity index (χ0) is 21.3. The van der Waals surface area contributed by atoms with Crippen molar-refractivity contribution in [2.45, 2.75) is 65.1 Å². The van der Waals surface area contributed by atoms with Crippen molar-refractivity contribution in [1.29, 1.82) is 0 Å². The van der Waals surface area contributed by atoms with Gasteiger partial charge in [-0.1, -0.05) is 20.8 Å². The van der Waals surface area contributed by atoms with Gasteiger partial charge in [-0.25, -0.2) is 0 Å². The quantitative estimate of drug-likeness (QED) is 0.427. The predicted molar refractivity (Wildman–Crippen MR) is 102 cm³/mol. The van der Waals surface area contributed by atoms with Crippen molar-refractivity contribution in [3.63, 3.8) is 0 Å². The molecule has 0 unspecified atom stereocenters. The molecule has 3 N–H and O–H groups in total. The molecular weight excluding hydrogens is 368 g/mol. The number of carbonyl (C=O) groups is 3. The van der Waals surface area contributed by atoms with Crippen molar-refractivity contribution in [2.75, 3.05) is 33.0 Å². The lowest BCUT2D eigenvalue weighted by Gasteiger charge is -2.35. The van der Waals surface area contributed by atoms with E-state index in [0.717, 1.165) is 0 Å². The Morgan fingerprint density at radius 1 is 1.11 bits per heavy atom. The first-order valence-electron chi connectivity index (χ1n) is 9.67. The predicted octanol–water partition coefficient (Wildman–Crippen LogP) is 0.397. The van der Waals surface area contributed by atoms with Crippen LogP contribution in [0.5, 0.6) is 0 Å². The fourth-order valence-corrected chi connectivity index (χ4v) is 3.00. The molecule has 1 fully saturated rings. The second kappa shape index (κ2) is 11.3. The monoisotopic (exact) mass is 402 g/mol. The van der Waals surface area contributed by atoms with Crippen LogP contribution in [-0.2, 0) is 23.9 Å². The number of nitrogens with zero attached hydrogens (tertiary/aromatic N) is 1. The van der Waals surface area contributed by atoms with Gasteiger partial charge in [0.2, 0.25) is 11.8 Å². The third kappa shape index (κ3) is 8.53. The van der Waals surface area contributed by atoms with Crippen molar-refractivity contribution >= 4 is 17.8 Å². The van der Waals surface area contributed by atoms with Crippen LogP contribution in [0.15, 0.2) is 0 Å². The van der Waals surface area contributed by atoms with Crippen molar-refractivity contribution in [1.82, 2.24) is 10.2 Å². The first-order chi connectivity index (χ1) is 13.0. The molecule has 1 aliphatic heterocycles. The molecule has 0 radical (unpaired) electrons. The zero-order valence-electron chi connectivity index (χ0n) is 17.3. The summed E-state index contributed by atoms with van der Waals surface area (Å²) in [5, 5.41) is 21.1. The summed E-state index contributed by atoms with van der Waals surface area (Å²) < 4.78 is 10.4. The number of aliphatic hydroxyl groups is 1. The van der Waals surface area contributed by atoms with Crippen LogP contribution in [0.2, 0.25) is 0 Å². The molecule has 0 aromatic carbocycles. The van der Waals surface area contributed by atoms with Gasteiger partial charge in [0.25, 0.3) is 0 Å². The lowest BCUT2D eigenvalue weighted by atomic mass is 9.85. The van der Waals surface area contributed by atoms with Crippen LogP contribution in [-0.4, -0.2) is 84.1 Å². The van der Waals surface area contributed by atoms with Gasteiger partial charge < -0.3 is 29.9 Å². The van der Waals surface area contributed by atoms with Gasteiger partial charge in [0.15, 0.2) is 0 Å². The highest BCUT2D eigenvalue weighted by Gasteiger charge is 2.40. The summed E-state index contributed by atoms with van der Waals surface area (Å²) in [7, 11) is 0. The number of nitrogens with one attached hydrogen (secondary N) is 1. The number of aliphatic hydroxyl groups excluding tert-OH is 1. The molecule has 0 spiro atoms. The maximum Gasteiger partial charge on any atom is 0.305 e. The maximum absolute atomic E-state index is 12.9. The Balaban J connectivity index is 2.38. The van der Waals surface area contributed by atoms with Gasteiger partial charge in [-0.3, -0.25) is 14.4 Å². The molecule has 28 heavy (non-hydrogen) atoms. The number of carboxylic acids is 1. The van der Waals surface area contributed by atoms with E-state index in [1.54, 1.807) is 4.90 Å². The van der Waals surface area contributed by atoms with Gasteiger partial charge in [0, 0.05) is 19.0 Å². The van der Waals surface area contributed by atoms with E-state index < -0.39 is 23.5 Å². The first-order valence-corrected chi connectivity index (χ1v) is 9.67. The lowest BCUT2D eigenvalue weighted by Crippen LogP contribution is -2.55. The minimum Gasteiger partial charge on any atom is -0.481 e. The number of carboxylic acid groups (broad SMARTS) is 1. The van der Waals surface area contributed by atoms with Crippen molar-refractivity contribution in [3.05, 3.63) is 0 Å². The molecule has 162 valence electrons. The van der Waals surface area contributed by atoms with Gasteiger partial charge in [-0.15, -0.1) is 0 Å².